The summed E-state index contributed by atoms with van der Waals surface area (Å²) < 4.78 is 45.0. The van der Waals surface area contributed by atoms with Crippen molar-refractivity contribution in [3.05, 3.63) is 77.9 Å². The Kier molecular flexibility index (Phi) is 9.79. The van der Waals surface area contributed by atoms with E-state index in [1.807, 2.05) is 52.0 Å². The van der Waals surface area contributed by atoms with Gasteiger partial charge in [-0.15, -0.1) is 0 Å². The lowest BCUT2D eigenvalue weighted by atomic mass is 10.2. The summed E-state index contributed by atoms with van der Waals surface area (Å²) in [6, 6.07) is 18.6. The number of nitrogens with one attached hydrogen (secondary N) is 1. The van der Waals surface area contributed by atoms with Crippen molar-refractivity contribution in [3.63, 3.8) is 0 Å². The molecule has 1 N–H and O–H groups in total. The molecule has 1 amide bonds. The van der Waals surface area contributed by atoms with E-state index in [1.165, 1.54) is 12.1 Å². The number of anilines is 1. The molecule has 3 aromatic rings. The van der Waals surface area contributed by atoms with Gasteiger partial charge in [-0.1, -0.05) is 23.8 Å². The predicted molar refractivity (Wildman–Crippen MR) is 144 cm³/mol. The van der Waals surface area contributed by atoms with Crippen LogP contribution >= 0.6 is 0 Å². The zero-order chi connectivity index (χ0) is 26.8. The van der Waals surface area contributed by atoms with Crippen molar-refractivity contribution in [1.29, 1.82) is 0 Å². The minimum atomic E-state index is -4.02. The number of ether oxygens (including phenoxy) is 3. The summed E-state index contributed by atoms with van der Waals surface area (Å²) in [5, 5.41) is 2.82. The number of aryl methyl sites for hydroxylation is 1. The largest absolute Gasteiger partial charge is 0.494 e. The maximum Gasteiger partial charge on any atom is 0.264 e. The molecule has 0 bridgehead atoms. The maximum absolute atomic E-state index is 13.6. The van der Waals surface area contributed by atoms with E-state index < -0.39 is 15.9 Å². The molecule has 37 heavy (non-hydrogen) atoms. The Labute approximate surface area is 219 Å². The zero-order valence-electron chi connectivity index (χ0n) is 21.7. The summed E-state index contributed by atoms with van der Waals surface area (Å²) in [6.07, 6.45) is 0. The SMILES string of the molecule is CCOc1ccc(S(=O)(=O)N(CC(=O)NCc2ccc(OCC)c(OCC)c2)c2ccc(C)cc2)cc1. The second kappa shape index (κ2) is 13.0. The third kappa shape index (κ3) is 7.39. The van der Waals surface area contributed by atoms with E-state index in [0.29, 0.717) is 42.8 Å². The molecule has 3 aromatic carbocycles. The van der Waals surface area contributed by atoms with Crippen molar-refractivity contribution in [1.82, 2.24) is 5.32 Å². The number of carbonyl (C=O) groups is 1. The molecular formula is C28H34N2O6S. The van der Waals surface area contributed by atoms with Crippen LogP contribution in [0.25, 0.3) is 0 Å². The van der Waals surface area contributed by atoms with Crippen LogP contribution in [-0.2, 0) is 21.4 Å². The van der Waals surface area contributed by atoms with Crippen molar-refractivity contribution in [3.8, 4) is 17.2 Å². The number of rotatable bonds is 13. The van der Waals surface area contributed by atoms with E-state index in [9.17, 15) is 13.2 Å². The van der Waals surface area contributed by atoms with Gasteiger partial charge in [-0.05, 0) is 81.8 Å². The molecule has 0 saturated heterocycles. The molecule has 3 rings (SSSR count). The highest BCUT2D eigenvalue weighted by atomic mass is 32.2. The van der Waals surface area contributed by atoms with Gasteiger partial charge in [-0.2, -0.15) is 0 Å². The normalized spacial score (nSPS) is 11.0. The summed E-state index contributed by atoms with van der Waals surface area (Å²) in [7, 11) is -4.02. The lowest BCUT2D eigenvalue weighted by Gasteiger charge is -2.24. The van der Waals surface area contributed by atoms with E-state index in [2.05, 4.69) is 5.32 Å². The summed E-state index contributed by atoms with van der Waals surface area (Å²) in [6.45, 7) is 8.83. The van der Waals surface area contributed by atoms with Crippen LogP contribution < -0.4 is 23.8 Å². The lowest BCUT2D eigenvalue weighted by Crippen LogP contribution is -2.40. The Morgan fingerprint density at radius 3 is 2.05 bits per heavy atom. The van der Waals surface area contributed by atoms with Crippen LogP contribution in [0.4, 0.5) is 5.69 Å². The van der Waals surface area contributed by atoms with Gasteiger partial charge in [0.25, 0.3) is 10.0 Å². The van der Waals surface area contributed by atoms with Gasteiger partial charge in [0.05, 0.1) is 30.4 Å². The number of sulfonamides is 1. The number of amides is 1. The third-order valence-corrected chi connectivity index (χ3v) is 7.22. The van der Waals surface area contributed by atoms with Gasteiger partial charge in [0.15, 0.2) is 11.5 Å². The minimum Gasteiger partial charge on any atom is -0.494 e. The van der Waals surface area contributed by atoms with Gasteiger partial charge < -0.3 is 19.5 Å². The van der Waals surface area contributed by atoms with Crippen molar-refractivity contribution in [2.24, 2.45) is 0 Å². The number of benzene rings is 3. The van der Waals surface area contributed by atoms with Crippen LogP contribution in [0.5, 0.6) is 17.2 Å². The molecule has 0 spiro atoms. The molecule has 0 radical (unpaired) electrons. The highest BCUT2D eigenvalue weighted by molar-refractivity contribution is 7.92. The Bertz CT molecular complexity index is 1280. The Balaban J connectivity index is 1.80. The lowest BCUT2D eigenvalue weighted by molar-refractivity contribution is -0.119. The average molecular weight is 527 g/mol. The summed E-state index contributed by atoms with van der Waals surface area (Å²) in [5.41, 5.74) is 2.18. The van der Waals surface area contributed by atoms with Crippen molar-refractivity contribution in [2.45, 2.75) is 39.1 Å². The molecule has 8 nitrogen and oxygen atoms in total. The standard InChI is InChI=1S/C28H34N2O6S/c1-5-34-24-13-15-25(16-14-24)37(32,33)30(23-11-8-21(4)9-12-23)20-28(31)29-19-22-10-17-26(35-6-2)27(18-22)36-7-3/h8-18H,5-7,19-20H2,1-4H3,(H,29,31). The second-order valence-corrected chi connectivity index (χ2v) is 10.0. The summed E-state index contributed by atoms with van der Waals surface area (Å²) >= 11 is 0. The summed E-state index contributed by atoms with van der Waals surface area (Å²) in [4.78, 5) is 13.0. The van der Waals surface area contributed by atoms with Gasteiger partial charge in [-0.3, -0.25) is 9.10 Å². The molecule has 0 aromatic heterocycles. The average Bonchev–Trinajstić information content (AvgIpc) is 2.89. The maximum atomic E-state index is 13.6. The highest BCUT2D eigenvalue weighted by Gasteiger charge is 2.27. The first-order valence-electron chi connectivity index (χ1n) is 12.3. The predicted octanol–water partition coefficient (Wildman–Crippen LogP) is 4.70. The molecule has 0 aliphatic carbocycles. The minimum absolute atomic E-state index is 0.0668. The fraction of sp³-hybridized carbons (Fsp3) is 0.321. The first-order valence-corrected chi connectivity index (χ1v) is 13.7. The van der Waals surface area contributed by atoms with Crippen molar-refractivity contribution < 1.29 is 27.4 Å². The summed E-state index contributed by atoms with van der Waals surface area (Å²) in [5.74, 6) is 1.35. The van der Waals surface area contributed by atoms with E-state index in [-0.39, 0.29) is 18.0 Å². The fourth-order valence-corrected chi connectivity index (χ4v) is 5.04. The number of hydrogen-bond acceptors (Lipinski definition) is 6. The molecule has 0 unspecified atom stereocenters. The van der Waals surface area contributed by atoms with Crippen LogP contribution in [0.2, 0.25) is 0 Å². The van der Waals surface area contributed by atoms with Crippen LogP contribution in [-0.4, -0.2) is 40.7 Å². The Hall–Kier alpha value is -3.72. The van der Waals surface area contributed by atoms with Crippen LogP contribution in [0, 0.1) is 6.92 Å². The van der Waals surface area contributed by atoms with Crippen LogP contribution in [0.3, 0.4) is 0 Å². The van der Waals surface area contributed by atoms with Crippen LogP contribution in [0.1, 0.15) is 31.9 Å². The molecule has 0 fully saturated rings. The second-order valence-electron chi connectivity index (χ2n) is 8.18. The van der Waals surface area contributed by atoms with Gasteiger partial charge in [-0.25, -0.2) is 8.42 Å². The van der Waals surface area contributed by atoms with Crippen molar-refractivity contribution in [2.75, 3.05) is 30.7 Å². The van der Waals surface area contributed by atoms with E-state index in [1.54, 1.807) is 30.3 Å². The molecule has 0 saturated carbocycles. The Morgan fingerprint density at radius 1 is 0.811 bits per heavy atom. The van der Waals surface area contributed by atoms with E-state index in [0.717, 1.165) is 15.4 Å². The molecular weight excluding hydrogens is 492 g/mol. The smallest absolute Gasteiger partial charge is 0.264 e. The Morgan fingerprint density at radius 2 is 1.43 bits per heavy atom. The number of nitrogens with zero attached hydrogens (tertiary/aromatic N) is 1. The van der Waals surface area contributed by atoms with Gasteiger partial charge in [0.2, 0.25) is 5.91 Å². The molecule has 0 atom stereocenters. The molecule has 0 aliphatic heterocycles. The molecule has 198 valence electrons. The quantitative estimate of drug-likeness (QED) is 0.347. The molecule has 9 heteroatoms. The van der Waals surface area contributed by atoms with Gasteiger partial charge in [0, 0.05) is 6.54 Å². The monoisotopic (exact) mass is 526 g/mol. The van der Waals surface area contributed by atoms with Crippen molar-refractivity contribution >= 4 is 21.6 Å². The van der Waals surface area contributed by atoms with Crippen LogP contribution in [0.15, 0.2) is 71.6 Å². The zero-order valence-corrected chi connectivity index (χ0v) is 22.5. The van der Waals surface area contributed by atoms with E-state index in [4.69, 9.17) is 14.2 Å². The fourth-order valence-electron chi connectivity index (χ4n) is 3.62. The number of hydrogen-bond donors (Lipinski definition) is 1. The first-order chi connectivity index (χ1) is 17.8. The third-order valence-electron chi connectivity index (χ3n) is 5.43. The number of carbonyl (C=O) groups excluding carboxylic acids is 1. The molecule has 0 heterocycles. The topological polar surface area (TPSA) is 94.2 Å². The first kappa shape index (κ1) is 27.9. The van der Waals surface area contributed by atoms with E-state index >= 15 is 0 Å². The highest BCUT2D eigenvalue weighted by Crippen LogP contribution is 2.29. The molecule has 0 aliphatic rings. The van der Waals surface area contributed by atoms with Gasteiger partial charge in [0.1, 0.15) is 12.3 Å². The van der Waals surface area contributed by atoms with Gasteiger partial charge >= 0.3 is 0 Å².